The topological polar surface area (TPSA) is 64.3 Å². The molecule has 0 bridgehead atoms. The summed E-state index contributed by atoms with van der Waals surface area (Å²) in [6, 6.07) is 7.82. The highest BCUT2D eigenvalue weighted by Gasteiger charge is 2.51. The summed E-state index contributed by atoms with van der Waals surface area (Å²) in [5, 5.41) is 19.1. The predicted octanol–water partition coefficient (Wildman–Crippen LogP) is 5.56. The lowest BCUT2D eigenvalue weighted by molar-refractivity contribution is -0.258. The zero-order valence-electron chi connectivity index (χ0n) is 18.4. The van der Waals surface area contributed by atoms with Crippen LogP contribution in [0.2, 0.25) is 0 Å². The number of rotatable bonds is 6. The van der Waals surface area contributed by atoms with Crippen LogP contribution in [-0.2, 0) is 5.60 Å². The largest absolute Gasteiger partial charge is 0.421 e. The highest BCUT2D eigenvalue weighted by atomic mass is 19.4. The smallest absolute Gasteiger partial charge is 0.376 e. The van der Waals surface area contributed by atoms with E-state index in [0.717, 1.165) is 44.9 Å². The van der Waals surface area contributed by atoms with Crippen LogP contribution >= 0.6 is 0 Å². The molecule has 1 aromatic rings. The first-order valence-electron chi connectivity index (χ1n) is 11.0. The molecule has 0 heterocycles. The van der Waals surface area contributed by atoms with Gasteiger partial charge in [-0.15, -0.1) is 0 Å². The van der Waals surface area contributed by atoms with Gasteiger partial charge in [-0.3, -0.25) is 4.79 Å². The zero-order valence-corrected chi connectivity index (χ0v) is 18.4. The molecular formula is C24H31F3N2O2. The van der Waals surface area contributed by atoms with Crippen molar-refractivity contribution in [2.45, 2.75) is 89.6 Å². The molecule has 1 atom stereocenters. The number of carbonyl (C=O) groups is 1. The van der Waals surface area contributed by atoms with Gasteiger partial charge in [0.2, 0.25) is 0 Å². The van der Waals surface area contributed by atoms with Crippen LogP contribution in [0, 0.1) is 22.7 Å². The fourth-order valence-corrected chi connectivity index (χ4v) is 4.63. The van der Waals surface area contributed by atoms with E-state index >= 15 is 0 Å². The Balaban J connectivity index is 1.69. The molecule has 1 aromatic carbocycles. The second kappa shape index (κ2) is 8.46. The molecule has 0 aliphatic heterocycles. The van der Waals surface area contributed by atoms with Crippen molar-refractivity contribution in [2.75, 3.05) is 0 Å². The molecule has 170 valence electrons. The third-order valence-electron chi connectivity index (χ3n) is 6.73. The van der Waals surface area contributed by atoms with Crippen molar-refractivity contribution in [3.63, 3.8) is 0 Å². The Kier molecular flexibility index (Phi) is 6.44. The third kappa shape index (κ3) is 5.23. The molecule has 3 rings (SSSR count). The fraction of sp³-hybridized carbons (Fsp3) is 0.667. The van der Waals surface area contributed by atoms with Gasteiger partial charge >= 0.3 is 6.18 Å². The molecule has 0 saturated heterocycles. The predicted molar refractivity (Wildman–Crippen MR) is 111 cm³/mol. The fourth-order valence-electron chi connectivity index (χ4n) is 4.63. The first-order chi connectivity index (χ1) is 14.4. The second-order valence-electron chi connectivity index (χ2n) is 9.97. The minimum Gasteiger partial charge on any atom is -0.376 e. The number of nitriles is 1. The normalized spacial score (nSPS) is 24.2. The van der Waals surface area contributed by atoms with Gasteiger partial charge in [0.05, 0.1) is 11.5 Å². The van der Waals surface area contributed by atoms with Crippen LogP contribution < -0.4 is 0 Å². The number of amides is 1. The Morgan fingerprint density at radius 2 is 1.52 bits per heavy atom. The molecule has 1 N–H and O–H groups in total. The molecule has 0 aromatic heterocycles. The number of hydrogen-bond donors (Lipinski definition) is 1. The van der Waals surface area contributed by atoms with Crippen LogP contribution in [0.4, 0.5) is 13.2 Å². The molecule has 0 unspecified atom stereocenters. The highest BCUT2D eigenvalue weighted by Crippen LogP contribution is 2.41. The lowest BCUT2D eigenvalue weighted by Gasteiger charge is -2.38. The van der Waals surface area contributed by atoms with E-state index < -0.39 is 11.8 Å². The van der Waals surface area contributed by atoms with Gasteiger partial charge in [0.1, 0.15) is 0 Å². The number of aliphatic hydroxyl groups is 1. The molecule has 1 amide bonds. The van der Waals surface area contributed by atoms with Gasteiger partial charge in [0.25, 0.3) is 5.91 Å². The van der Waals surface area contributed by atoms with Crippen LogP contribution in [0.15, 0.2) is 24.3 Å². The maximum Gasteiger partial charge on any atom is 0.421 e. The Labute approximate surface area is 182 Å². The minimum atomic E-state index is -4.79. The average Bonchev–Trinajstić information content (AvgIpc) is 3.53. The van der Waals surface area contributed by atoms with E-state index in [9.17, 15) is 28.3 Å². The SMILES string of the molecule is CC(C)(C#N)C[C@H]1CC[C@H](N(C(=O)c2ccc([C@](C)(O)C(F)(F)F)cc2)C2CC2)CC1. The van der Waals surface area contributed by atoms with Crippen LogP contribution in [-0.4, -0.2) is 34.2 Å². The van der Waals surface area contributed by atoms with Crippen molar-refractivity contribution in [3.05, 3.63) is 35.4 Å². The summed E-state index contributed by atoms with van der Waals surface area (Å²) in [6.45, 7) is 4.63. The summed E-state index contributed by atoms with van der Waals surface area (Å²) < 4.78 is 39.2. The molecule has 31 heavy (non-hydrogen) atoms. The summed E-state index contributed by atoms with van der Waals surface area (Å²) in [4.78, 5) is 15.2. The van der Waals surface area contributed by atoms with E-state index in [1.54, 1.807) is 0 Å². The van der Waals surface area contributed by atoms with Gasteiger partial charge in [-0.25, -0.2) is 0 Å². The molecule has 2 aliphatic carbocycles. The molecule has 2 fully saturated rings. The zero-order chi connectivity index (χ0) is 23.0. The van der Waals surface area contributed by atoms with Crippen molar-refractivity contribution in [2.24, 2.45) is 11.3 Å². The molecule has 0 radical (unpaired) electrons. The van der Waals surface area contributed by atoms with E-state index in [4.69, 9.17) is 0 Å². The molecule has 0 spiro atoms. The number of nitrogens with zero attached hydrogens (tertiary/aromatic N) is 2. The first-order valence-corrected chi connectivity index (χ1v) is 11.0. The van der Waals surface area contributed by atoms with Crippen LogP contribution in [0.5, 0.6) is 0 Å². The first kappa shape index (κ1) is 23.6. The molecule has 7 heteroatoms. The Bertz CT molecular complexity index is 828. The third-order valence-corrected chi connectivity index (χ3v) is 6.73. The molecule has 4 nitrogen and oxygen atoms in total. The van der Waals surface area contributed by atoms with E-state index in [-0.39, 0.29) is 29.0 Å². The second-order valence-corrected chi connectivity index (χ2v) is 9.97. The number of halogens is 3. The van der Waals surface area contributed by atoms with Crippen LogP contribution in [0.25, 0.3) is 0 Å². The number of carbonyl (C=O) groups excluding carboxylic acids is 1. The molecular weight excluding hydrogens is 405 g/mol. The highest BCUT2D eigenvalue weighted by molar-refractivity contribution is 5.95. The van der Waals surface area contributed by atoms with Crippen molar-refractivity contribution in [1.29, 1.82) is 5.26 Å². The Morgan fingerprint density at radius 3 is 1.94 bits per heavy atom. The Morgan fingerprint density at radius 1 is 1.03 bits per heavy atom. The standard InChI is InChI=1S/C24H31F3N2O2/c1-22(2,15-28)14-16-4-10-19(11-5-16)29(20-12-13-20)21(30)17-6-8-18(9-7-17)23(3,31)24(25,26)27/h6-9,16,19-20,31H,4-5,10-14H2,1-3H3/t16-,19-,23-/m0/s1. The number of alkyl halides is 3. The van der Waals surface area contributed by atoms with Gasteiger partial charge in [0.15, 0.2) is 5.60 Å². The van der Waals surface area contributed by atoms with Gasteiger partial charge in [0, 0.05) is 17.6 Å². The summed E-state index contributed by atoms with van der Waals surface area (Å²) in [7, 11) is 0. The van der Waals surface area contributed by atoms with Crippen molar-refractivity contribution >= 4 is 5.91 Å². The summed E-state index contributed by atoms with van der Waals surface area (Å²) in [5.41, 5.74) is -3.24. The van der Waals surface area contributed by atoms with Crippen molar-refractivity contribution in [3.8, 4) is 6.07 Å². The van der Waals surface area contributed by atoms with Gasteiger partial charge in [-0.2, -0.15) is 18.4 Å². The molecule has 2 saturated carbocycles. The quantitative estimate of drug-likeness (QED) is 0.635. The lowest BCUT2D eigenvalue weighted by atomic mass is 9.76. The summed E-state index contributed by atoms with van der Waals surface area (Å²) in [6.07, 6.45) is 1.68. The minimum absolute atomic E-state index is 0.124. The van der Waals surface area contributed by atoms with Crippen LogP contribution in [0.3, 0.4) is 0 Å². The summed E-state index contributed by atoms with van der Waals surface area (Å²) in [5.74, 6) is 0.326. The maximum absolute atomic E-state index is 13.2. The van der Waals surface area contributed by atoms with E-state index in [1.807, 2.05) is 18.7 Å². The van der Waals surface area contributed by atoms with Gasteiger partial charge < -0.3 is 10.0 Å². The molecule has 2 aliphatic rings. The van der Waals surface area contributed by atoms with Crippen molar-refractivity contribution in [1.82, 2.24) is 4.90 Å². The van der Waals surface area contributed by atoms with Gasteiger partial charge in [-0.05, 0) is 89.3 Å². The van der Waals surface area contributed by atoms with E-state index in [1.165, 1.54) is 24.3 Å². The van der Waals surface area contributed by atoms with E-state index in [2.05, 4.69) is 6.07 Å². The van der Waals surface area contributed by atoms with Crippen molar-refractivity contribution < 1.29 is 23.1 Å². The van der Waals surface area contributed by atoms with Gasteiger partial charge in [-0.1, -0.05) is 12.1 Å². The van der Waals surface area contributed by atoms with Crippen LogP contribution in [0.1, 0.15) is 81.6 Å². The lowest BCUT2D eigenvalue weighted by Crippen LogP contribution is -2.44. The number of hydrogen-bond acceptors (Lipinski definition) is 3. The monoisotopic (exact) mass is 436 g/mol. The summed E-state index contributed by atoms with van der Waals surface area (Å²) >= 11 is 0. The Hall–Kier alpha value is -2.07. The maximum atomic E-state index is 13.2. The van der Waals surface area contributed by atoms with E-state index in [0.29, 0.717) is 18.4 Å². The average molecular weight is 437 g/mol. The number of benzene rings is 1.